The van der Waals surface area contributed by atoms with Crippen molar-refractivity contribution in [3.63, 3.8) is 0 Å². The van der Waals surface area contributed by atoms with E-state index in [2.05, 4.69) is 10.8 Å². The number of nitrogens with zero attached hydrogens (tertiary/aromatic N) is 1. The highest BCUT2D eigenvalue weighted by molar-refractivity contribution is 5.52. The van der Waals surface area contributed by atoms with E-state index in [-0.39, 0.29) is 0 Å². The maximum absolute atomic E-state index is 10.9. The quantitative estimate of drug-likeness (QED) is 0.885. The van der Waals surface area contributed by atoms with Gasteiger partial charge < -0.3 is 14.7 Å². The first-order valence-electron chi connectivity index (χ1n) is 7.93. The molecule has 2 aromatic carbocycles. The van der Waals surface area contributed by atoms with Gasteiger partial charge in [0.15, 0.2) is 5.60 Å². The maximum atomic E-state index is 10.9. The fourth-order valence-corrected chi connectivity index (χ4v) is 2.93. The van der Waals surface area contributed by atoms with Gasteiger partial charge in [0.05, 0.1) is 6.61 Å². The molecule has 1 aliphatic heterocycles. The first-order chi connectivity index (χ1) is 11.2. The van der Waals surface area contributed by atoms with E-state index >= 15 is 0 Å². The highest BCUT2D eigenvalue weighted by Crippen LogP contribution is 2.30. The SMILES string of the molecule is C#CC(O)(c1ccccc1)c1ccc(N2CCCOCC2)cc1. The molecule has 3 heteroatoms. The van der Waals surface area contributed by atoms with Crippen molar-refractivity contribution in [2.75, 3.05) is 31.2 Å². The van der Waals surface area contributed by atoms with Gasteiger partial charge in [-0.1, -0.05) is 48.4 Å². The van der Waals surface area contributed by atoms with Crippen molar-refractivity contribution in [2.45, 2.75) is 12.0 Å². The Morgan fingerprint density at radius 1 is 0.957 bits per heavy atom. The molecule has 3 nitrogen and oxygen atoms in total. The van der Waals surface area contributed by atoms with Crippen LogP contribution in [0.15, 0.2) is 54.6 Å². The Morgan fingerprint density at radius 2 is 1.65 bits per heavy atom. The summed E-state index contributed by atoms with van der Waals surface area (Å²) >= 11 is 0. The third-order valence-corrected chi connectivity index (χ3v) is 4.27. The summed E-state index contributed by atoms with van der Waals surface area (Å²) in [5, 5.41) is 10.9. The summed E-state index contributed by atoms with van der Waals surface area (Å²) in [6.07, 6.45) is 6.67. The molecule has 0 aliphatic carbocycles. The van der Waals surface area contributed by atoms with Gasteiger partial charge in [-0.05, 0) is 18.6 Å². The molecule has 0 amide bonds. The van der Waals surface area contributed by atoms with E-state index in [4.69, 9.17) is 11.2 Å². The summed E-state index contributed by atoms with van der Waals surface area (Å²) < 4.78 is 5.49. The summed E-state index contributed by atoms with van der Waals surface area (Å²) in [6, 6.07) is 17.2. The number of aliphatic hydroxyl groups is 1. The van der Waals surface area contributed by atoms with Gasteiger partial charge in [-0.15, -0.1) is 6.42 Å². The topological polar surface area (TPSA) is 32.7 Å². The van der Waals surface area contributed by atoms with E-state index < -0.39 is 5.60 Å². The van der Waals surface area contributed by atoms with Crippen LogP contribution in [0.3, 0.4) is 0 Å². The van der Waals surface area contributed by atoms with Gasteiger partial charge in [-0.2, -0.15) is 0 Å². The molecule has 1 heterocycles. The van der Waals surface area contributed by atoms with Gasteiger partial charge in [-0.25, -0.2) is 0 Å². The predicted octanol–water partition coefficient (Wildman–Crippen LogP) is 2.78. The van der Waals surface area contributed by atoms with E-state index in [1.54, 1.807) is 0 Å². The molecule has 0 saturated carbocycles. The van der Waals surface area contributed by atoms with Crippen LogP contribution >= 0.6 is 0 Å². The average Bonchev–Trinajstić information content (AvgIpc) is 2.91. The number of ether oxygens (including phenoxy) is 1. The maximum Gasteiger partial charge on any atom is 0.176 e. The van der Waals surface area contributed by atoms with E-state index in [1.807, 2.05) is 54.6 Å². The lowest BCUT2D eigenvalue weighted by Gasteiger charge is -2.26. The van der Waals surface area contributed by atoms with Crippen molar-refractivity contribution in [1.29, 1.82) is 0 Å². The smallest absolute Gasteiger partial charge is 0.176 e. The van der Waals surface area contributed by atoms with Crippen LogP contribution in [0, 0.1) is 12.3 Å². The molecule has 23 heavy (non-hydrogen) atoms. The third kappa shape index (κ3) is 3.24. The summed E-state index contributed by atoms with van der Waals surface area (Å²) in [6.45, 7) is 3.44. The van der Waals surface area contributed by atoms with E-state index in [9.17, 15) is 5.11 Å². The Hall–Kier alpha value is -2.28. The molecule has 118 valence electrons. The molecule has 0 aromatic heterocycles. The lowest BCUT2D eigenvalue weighted by Crippen LogP contribution is -2.27. The predicted molar refractivity (Wildman–Crippen MR) is 92.4 cm³/mol. The van der Waals surface area contributed by atoms with Crippen LogP contribution < -0.4 is 4.90 Å². The number of rotatable bonds is 3. The molecule has 0 bridgehead atoms. The Kier molecular flexibility index (Phi) is 4.66. The van der Waals surface area contributed by atoms with Crippen LogP contribution in [0.2, 0.25) is 0 Å². The molecule has 0 spiro atoms. The minimum atomic E-state index is -1.40. The zero-order valence-corrected chi connectivity index (χ0v) is 13.1. The van der Waals surface area contributed by atoms with Gasteiger partial charge in [0.1, 0.15) is 0 Å². The fourth-order valence-electron chi connectivity index (χ4n) is 2.93. The van der Waals surface area contributed by atoms with Crippen molar-refractivity contribution in [1.82, 2.24) is 0 Å². The largest absolute Gasteiger partial charge is 0.380 e. The van der Waals surface area contributed by atoms with E-state index in [0.29, 0.717) is 11.1 Å². The zero-order chi connectivity index (χ0) is 16.1. The molecular weight excluding hydrogens is 286 g/mol. The molecular formula is C20H21NO2. The molecule has 1 aliphatic rings. The lowest BCUT2D eigenvalue weighted by atomic mass is 9.87. The molecule has 3 rings (SSSR count). The second-order valence-corrected chi connectivity index (χ2v) is 5.72. The Bertz CT molecular complexity index is 667. The normalized spacial score (nSPS) is 17.8. The first kappa shape index (κ1) is 15.6. The Morgan fingerprint density at radius 3 is 2.35 bits per heavy atom. The van der Waals surface area contributed by atoms with E-state index in [0.717, 1.165) is 38.4 Å². The van der Waals surface area contributed by atoms with Crippen LogP contribution in [-0.4, -0.2) is 31.4 Å². The number of hydrogen-bond acceptors (Lipinski definition) is 3. The summed E-state index contributed by atoms with van der Waals surface area (Å²) in [4.78, 5) is 2.30. The Balaban J connectivity index is 1.87. The molecule has 0 radical (unpaired) electrons. The summed E-state index contributed by atoms with van der Waals surface area (Å²) in [7, 11) is 0. The van der Waals surface area contributed by atoms with Crippen molar-refractivity contribution in [2.24, 2.45) is 0 Å². The number of anilines is 1. The number of terminal acetylenes is 1. The summed E-state index contributed by atoms with van der Waals surface area (Å²) in [5.41, 5.74) is 1.15. The number of hydrogen-bond donors (Lipinski definition) is 1. The molecule has 1 saturated heterocycles. The summed E-state index contributed by atoms with van der Waals surface area (Å²) in [5.74, 6) is 2.54. The minimum Gasteiger partial charge on any atom is -0.380 e. The van der Waals surface area contributed by atoms with Crippen molar-refractivity contribution in [3.05, 3.63) is 65.7 Å². The molecule has 2 aromatic rings. The van der Waals surface area contributed by atoms with Crippen molar-refractivity contribution in [3.8, 4) is 12.3 Å². The third-order valence-electron chi connectivity index (χ3n) is 4.27. The standard InChI is InChI=1S/C20H21NO2/c1-2-20(22,17-7-4-3-5-8-17)18-9-11-19(12-10-18)21-13-6-15-23-16-14-21/h1,3-5,7-12,22H,6,13-16H2. The fraction of sp³-hybridized carbons (Fsp3) is 0.300. The first-order valence-corrected chi connectivity index (χ1v) is 7.93. The lowest BCUT2D eigenvalue weighted by molar-refractivity contribution is 0.145. The van der Waals surface area contributed by atoms with Crippen LogP contribution in [0.1, 0.15) is 17.5 Å². The molecule has 1 fully saturated rings. The van der Waals surface area contributed by atoms with Crippen LogP contribution in [-0.2, 0) is 10.3 Å². The minimum absolute atomic E-state index is 0.707. The van der Waals surface area contributed by atoms with Crippen LogP contribution in [0.5, 0.6) is 0 Å². The Labute approximate surface area is 137 Å². The highest BCUT2D eigenvalue weighted by atomic mass is 16.5. The van der Waals surface area contributed by atoms with Gasteiger partial charge in [0, 0.05) is 36.5 Å². The van der Waals surface area contributed by atoms with Crippen LogP contribution in [0.25, 0.3) is 0 Å². The van der Waals surface area contributed by atoms with Crippen molar-refractivity contribution < 1.29 is 9.84 Å². The van der Waals surface area contributed by atoms with Gasteiger partial charge in [0.25, 0.3) is 0 Å². The number of benzene rings is 2. The van der Waals surface area contributed by atoms with Gasteiger partial charge in [0.2, 0.25) is 0 Å². The average molecular weight is 307 g/mol. The second kappa shape index (κ2) is 6.87. The molecule has 1 unspecified atom stereocenters. The van der Waals surface area contributed by atoms with Crippen molar-refractivity contribution >= 4 is 5.69 Å². The van der Waals surface area contributed by atoms with Gasteiger partial charge in [-0.3, -0.25) is 0 Å². The van der Waals surface area contributed by atoms with Crippen LogP contribution in [0.4, 0.5) is 5.69 Å². The molecule has 1 atom stereocenters. The highest BCUT2D eigenvalue weighted by Gasteiger charge is 2.29. The van der Waals surface area contributed by atoms with E-state index in [1.165, 1.54) is 0 Å². The van der Waals surface area contributed by atoms with Gasteiger partial charge >= 0.3 is 0 Å². The second-order valence-electron chi connectivity index (χ2n) is 5.72. The zero-order valence-electron chi connectivity index (χ0n) is 13.1. The monoisotopic (exact) mass is 307 g/mol. The molecule has 1 N–H and O–H groups in total.